The summed E-state index contributed by atoms with van der Waals surface area (Å²) in [5, 5.41) is 5.72. The quantitative estimate of drug-likeness (QED) is 0.322. The summed E-state index contributed by atoms with van der Waals surface area (Å²) in [5.41, 5.74) is 1.16. The highest BCUT2D eigenvalue weighted by Crippen LogP contribution is 2.29. The van der Waals surface area contributed by atoms with Gasteiger partial charge in [-0.15, -0.1) is 0 Å². The van der Waals surface area contributed by atoms with E-state index in [1.54, 1.807) is 32.4 Å². The fourth-order valence-electron chi connectivity index (χ4n) is 5.81. The molecule has 1 aromatic carbocycles. The van der Waals surface area contributed by atoms with Crippen molar-refractivity contribution in [1.82, 2.24) is 29.7 Å². The SMILES string of the molecule is O=C(NC1CCC(Cn2c(=O)n(-c3ccc(N4CCNC4=O)nc3)c3ccccc32)CC1)c1cc(Cl)cnc1C(F)F. The normalized spacial score (nSPS) is 19.0. The van der Waals surface area contributed by atoms with Crippen molar-refractivity contribution in [3.63, 3.8) is 0 Å². The molecule has 1 aliphatic carbocycles. The molecule has 2 fully saturated rings. The molecule has 1 saturated carbocycles. The minimum absolute atomic E-state index is 0.114. The highest BCUT2D eigenvalue weighted by Gasteiger charge is 2.28. The van der Waals surface area contributed by atoms with Crippen LogP contribution in [0.15, 0.2) is 59.7 Å². The molecular formula is C29H28ClF2N7O3. The van der Waals surface area contributed by atoms with Crippen LogP contribution in [0.2, 0.25) is 5.02 Å². The number of hydrogen-bond donors (Lipinski definition) is 2. The largest absolute Gasteiger partial charge is 0.349 e. The molecular weight excluding hydrogens is 568 g/mol. The molecule has 3 amide bonds. The Balaban J connectivity index is 1.16. The Labute approximate surface area is 244 Å². The number of alkyl halides is 2. The first-order valence-electron chi connectivity index (χ1n) is 13.8. The summed E-state index contributed by atoms with van der Waals surface area (Å²) in [6, 6.07) is 11.9. The molecule has 4 aromatic rings. The molecule has 3 aromatic heterocycles. The van der Waals surface area contributed by atoms with Gasteiger partial charge in [0.05, 0.1) is 33.5 Å². The average Bonchev–Trinajstić information content (AvgIpc) is 3.54. The Bertz CT molecular complexity index is 1700. The van der Waals surface area contributed by atoms with Gasteiger partial charge in [-0.1, -0.05) is 23.7 Å². The van der Waals surface area contributed by atoms with Gasteiger partial charge in [0.1, 0.15) is 11.5 Å². The van der Waals surface area contributed by atoms with E-state index in [-0.39, 0.29) is 34.3 Å². The summed E-state index contributed by atoms with van der Waals surface area (Å²) in [5.74, 6) is 0.0909. The number of nitrogens with zero attached hydrogens (tertiary/aromatic N) is 5. The monoisotopic (exact) mass is 595 g/mol. The van der Waals surface area contributed by atoms with E-state index in [0.29, 0.717) is 44.0 Å². The van der Waals surface area contributed by atoms with E-state index in [1.807, 2.05) is 24.3 Å². The number of pyridine rings is 2. The van der Waals surface area contributed by atoms with E-state index >= 15 is 0 Å². The van der Waals surface area contributed by atoms with Crippen LogP contribution in [-0.2, 0) is 6.54 Å². The lowest BCUT2D eigenvalue weighted by molar-refractivity contribution is 0.0904. The predicted octanol–water partition coefficient (Wildman–Crippen LogP) is 4.69. The van der Waals surface area contributed by atoms with Crippen molar-refractivity contribution in [2.24, 2.45) is 5.92 Å². The summed E-state index contributed by atoms with van der Waals surface area (Å²) in [6.07, 6.45) is 2.61. The molecule has 2 N–H and O–H groups in total. The minimum atomic E-state index is -2.89. The number of halogens is 3. The van der Waals surface area contributed by atoms with E-state index in [9.17, 15) is 23.2 Å². The highest BCUT2D eigenvalue weighted by atomic mass is 35.5. The van der Waals surface area contributed by atoms with Crippen molar-refractivity contribution in [3.05, 3.63) is 81.6 Å². The van der Waals surface area contributed by atoms with Gasteiger partial charge in [-0.2, -0.15) is 0 Å². The maximum absolute atomic E-state index is 13.7. The van der Waals surface area contributed by atoms with Crippen LogP contribution in [0.5, 0.6) is 0 Å². The number of rotatable bonds is 7. The van der Waals surface area contributed by atoms with Gasteiger partial charge in [-0.25, -0.2) is 23.4 Å². The number of carbonyl (C=O) groups is 2. The summed E-state index contributed by atoms with van der Waals surface area (Å²) >= 11 is 5.90. The number of urea groups is 1. The number of hydrogen-bond acceptors (Lipinski definition) is 5. The minimum Gasteiger partial charge on any atom is -0.349 e. The number of nitrogens with one attached hydrogen (secondary N) is 2. The number of fused-ring (bicyclic) bond motifs is 1. The third-order valence-electron chi connectivity index (χ3n) is 7.92. The van der Waals surface area contributed by atoms with E-state index in [4.69, 9.17) is 11.6 Å². The van der Waals surface area contributed by atoms with Crippen molar-refractivity contribution in [3.8, 4) is 5.69 Å². The fourth-order valence-corrected chi connectivity index (χ4v) is 5.97. The summed E-state index contributed by atoms with van der Waals surface area (Å²) in [7, 11) is 0. The molecule has 6 rings (SSSR count). The van der Waals surface area contributed by atoms with Crippen LogP contribution in [-0.4, -0.2) is 50.2 Å². The molecule has 13 heteroatoms. The first-order valence-corrected chi connectivity index (χ1v) is 14.1. The Kier molecular flexibility index (Phi) is 7.63. The van der Waals surface area contributed by atoms with E-state index in [2.05, 4.69) is 20.6 Å². The number of aromatic nitrogens is 4. The number of imidazole rings is 1. The van der Waals surface area contributed by atoms with Crippen LogP contribution in [0.1, 0.15) is 48.2 Å². The molecule has 0 unspecified atom stereocenters. The molecule has 0 spiro atoms. The third-order valence-corrected chi connectivity index (χ3v) is 8.13. The number of amides is 3. The van der Waals surface area contributed by atoms with Crippen LogP contribution in [0, 0.1) is 5.92 Å². The average molecular weight is 596 g/mol. The van der Waals surface area contributed by atoms with Crippen LogP contribution in [0.25, 0.3) is 16.7 Å². The van der Waals surface area contributed by atoms with Crippen LogP contribution in [0.3, 0.4) is 0 Å². The lowest BCUT2D eigenvalue weighted by Crippen LogP contribution is -2.39. The Hall–Kier alpha value is -4.32. The summed E-state index contributed by atoms with van der Waals surface area (Å²) < 4.78 is 30.1. The zero-order valence-electron chi connectivity index (χ0n) is 22.5. The molecule has 0 atom stereocenters. The molecule has 218 valence electrons. The van der Waals surface area contributed by atoms with Gasteiger partial charge in [0.25, 0.3) is 12.3 Å². The maximum Gasteiger partial charge on any atom is 0.333 e. The highest BCUT2D eigenvalue weighted by molar-refractivity contribution is 6.30. The molecule has 1 aliphatic heterocycles. The zero-order valence-corrected chi connectivity index (χ0v) is 23.2. The van der Waals surface area contributed by atoms with Crippen molar-refractivity contribution in [2.45, 2.75) is 44.7 Å². The molecule has 42 heavy (non-hydrogen) atoms. The van der Waals surface area contributed by atoms with Gasteiger partial charge >= 0.3 is 11.7 Å². The van der Waals surface area contributed by atoms with Gasteiger partial charge in [0.2, 0.25) is 0 Å². The summed E-state index contributed by atoms with van der Waals surface area (Å²) in [6.45, 7) is 1.59. The first-order chi connectivity index (χ1) is 20.3. The van der Waals surface area contributed by atoms with Crippen molar-refractivity contribution >= 4 is 40.4 Å². The molecule has 1 saturated heterocycles. The second-order valence-corrected chi connectivity index (χ2v) is 11.0. The Morgan fingerprint density at radius 3 is 2.48 bits per heavy atom. The van der Waals surface area contributed by atoms with E-state index < -0.39 is 18.0 Å². The summed E-state index contributed by atoms with van der Waals surface area (Å²) in [4.78, 5) is 48.1. The Morgan fingerprint density at radius 2 is 1.81 bits per heavy atom. The van der Waals surface area contributed by atoms with Crippen LogP contribution in [0.4, 0.5) is 19.4 Å². The van der Waals surface area contributed by atoms with Gasteiger partial charge < -0.3 is 10.6 Å². The zero-order chi connectivity index (χ0) is 29.4. The first kappa shape index (κ1) is 27.8. The second-order valence-electron chi connectivity index (χ2n) is 10.6. The number of benzene rings is 1. The van der Waals surface area contributed by atoms with Gasteiger partial charge in [-0.3, -0.25) is 23.8 Å². The molecule has 0 radical (unpaired) electrons. The number of para-hydroxylation sites is 2. The van der Waals surface area contributed by atoms with Crippen molar-refractivity contribution in [2.75, 3.05) is 18.0 Å². The number of anilines is 1. The smallest absolute Gasteiger partial charge is 0.333 e. The van der Waals surface area contributed by atoms with Gasteiger partial charge in [0, 0.05) is 31.9 Å². The fraction of sp³-hybridized carbons (Fsp3) is 0.345. The topological polar surface area (TPSA) is 114 Å². The third kappa shape index (κ3) is 5.34. The maximum atomic E-state index is 13.7. The number of carbonyl (C=O) groups excluding carboxylic acids is 2. The van der Waals surface area contributed by atoms with Crippen molar-refractivity contribution < 1.29 is 18.4 Å². The standard InChI is InChI=1S/C29H28ClF2N7O3/c30-18-13-21(25(26(31)32)35-14-18)27(40)36-19-7-5-17(6-8-19)16-38-22-3-1-2-4-23(22)39(29(38)42)20-9-10-24(34-15-20)37-12-11-33-28(37)41/h1-4,9-10,13-15,17,19,26H,5-8,11-12,16H2,(H,33,41)(H,36,40). The molecule has 2 aliphatic rings. The van der Waals surface area contributed by atoms with Crippen LogP contribution < -0.4 is 21.2 Å². The molecule has 4 heterocycles. The second kappa shape index (κ2) is 11.5. The Morgan fingerprint density at radius 1 is 1.05 bits per heavy atom. The van der Waals surface area contributed by atoms with Crippen LogP contribution >= 0.6 is 11.6 Å². The van der Waals surface area contributed by atoms with E-state index in [0.717, 1.165) is 30.1 Å². The predicted molar refractivity (Wildman–Crippen MR) is 153 cm³/mol. The van der Waals surface area contributed by atoms with Gasteiger partial charge in [0.15, 0.2) is 0 Å². The molecule has 0 bridgehead atoms. The van der Waals surface area contributed by atoms with E-state index in [1.165, 1.54) is 6.07 Å². The molecule has 10 nitrogen and oxygen atoms in total. The van der Waals surface area contributed by atoms with Crippen molar-refractivity contribution in [1.29, 1.82) is 0 Å². The lowest BCUT2D eigenvalue weighted by Gasteiger charge is -2.29. The van der Waals surface area contributed by atoms with Gasteiger partial charge in [-0.05, 0) is 61.9 Å². The lowest BCUT2D eigenvalue weighted by atomic mass is 9.85.